The highest BCUT2D eigenvalue weighted by molar-refractivity contribution is 6.40. The molecular formula is C24H17Cl3F3N5O2. The number of aromatic nitrogens is 3. The van der Waals surface area contributed by atoms with Crippen molar-refractivity contribution in [1.82, 2.24) is 20.1 Å². The van der Waals surface area contributed by atoms with Gasteiger partial charge in [-0.15, -0.1) is 0 Å². The number of carbonyl (C=O) groups is 2. The Balaban J connectivity index is 1.87. The molecule has 2 amide bonds. The van der Waals surface area contributed by atoms with E-state index in [4.69, 9.17) is 34.8 Å². The average molecular weight is 571 g/mol. The molecule has 2 N–H and O–H groups in total. The fourth-order valence-electron chi connectivity index (χ4n) is 3.53. The predicted octanol–water partition coefficient (Wildman–Crippen LogP) is 6.79. The van der Waals surface area contributed by atoms with Crippen molar-refractivity contribution in [1.29, 1.82) is 0 Å². The molecule has 2 heterocycles. The van der Waals surface area contributed by atoms with Gasteiger partial charge in [0.25, 0.3) is 11.8 Å². The van der Waals surface area contributed by atoms with E-state index in [0.717, 1.165) is 0 Å². The molecule has 0 aliphatic carbocycles. The Labute approximate surface area is 223 Å². The Morgan fingerprint density at radius 1 is 1.03 bits per heavy atom. The highest BCUT2D eigenvalue weighted by Crippen LogP contribution is 2.37. The molecule has 2 aromatic heterocycles. The van der Waals surface area contributed by atoms with Gasteiger partial charge in [0.2, 0.25) is 0 Å². The minimum atomic E-state index is -4.86. The van der Waals surface area contributed by atoms with Gasteiger partial charge < -0.3 is 10.6 Å². The molecule has 2 aromatic carbocycles. The summed E-state index contributed by atoms with van der Waals surface area (Å²) in [7, 11) is 0. The Bertz CT molecular complexity index is 1540. The van der Waals surface area contributed by atoms with Crippen LogP contribution in [0.2, 0.25) is 15.1 Å². The van der Waals surface area contributed by atoms with Crippen LogP contribution in [-0.2, 0) is 6.18 Å². The first kappa shape index (κ1) is 26.7. The van der Waals surface area contributed by atoms with Crippen LogP contribution in [0.25, 0.3) is 16.6 Å². The third kappa shape index (κ3) is 5.51. The number of pyridine rings is 1. The molecule has 0 atom stereocenters. The van der Waals surface area contributed by atoms with E-state index in [1.54, 1.807) is 32.0 Å². The molecule has 37 heavy (non-hydrogen) atoms. The third-order valence-corrected chi connectivity index (χ3v) is 6.04. The number of nitrogens with zero attached hydrogens (tertiary/aromatic N) is 3. The zero-order chi connectivity index (χ0) is 27.1. The summed E-state index contributed by atoms with van der Waals surface area (Å²) in [6.07, 6.45) is -3.57. The molecule has 0 unspecified atom stereocenters. The highest BCUT2D eigenvalue weighted by Gasteiger charge is 2.37. The first-order valence-electron chi connectivity index (χ1n) is 10.7. The van der Waals surface area contributed by atoms with E-state index in [-0.39, 0.29) is 33.2 Å². The van der Waals surface area contributed by atoms with Crippen LogP contribution in [0.1, 0.15) is 40.4 Å². The summed E-state index contributed by atoms with van der Waals surface area (Å²) >= 11 is 18.8. The SMILES string of the molecule is CC(C)NC(=O)c1cc2cc(Cl)ccc2c(Cl)c1NC(=O)c1cc(C(F)(F)F)nn1-c1ncccc1Cl. The van der Waals surface area contributed by atoms with Crippen molar-refractivity contribution in [2.75, 3.05) is 5.32 Å². The van der Waals surface area contributed by atoms with Crippen LogP contribution in [0, 0.1) is 0 Å². The van der Waals surface area contributed by atoms with Crippen molar-refractivity contribution in [3.8, 4) is 5.82 Å². The number of carbonyl (C=O) groups excluding carboxylic acids is 2. The van der Waals surface area contributed by atoms with Crippen LogP contribution in [0.3, 0.4) is 0 Å². The molecule has 7 nitrogen and oxygen atoms in total. The minimum absolute atomic E-state index is 0.00518. The van der Waals surface area contributed by atoms with Gasteiger partial charge in [0.15, 0.2) is 11.5 Å². The van der Waals surface area contributed by atoms with Gasteiger partial charge in [0, 0.05) is 28.7 Å². The van der Waals surface area contributed by atoms with Crippen LogP contribution in [-0.4, -0.2) is 32.6 Å². The monoisotopic (exact) mass is 569 g/mol. The number of nitrogens with one attached hydrogen (secondary N) is 2. The zero-order valence-corrected chi connectivity index (χ0v) is 21.4. The summed E-state index contributed by atoms with van der Waals surface area (Å²) in [5.41, 5.74) is -1.99. The maximum Gasteiger partial charge on any atom is 0.435 e. The number of rotatable bonds is 5. The number of hydrogen-bond acceptors (Lipinski definition) is 4. The van der Waals surface area contributed by atoms with Gasteiger partial charge in [-0.25, -0.2) is 9.67 Å². The molecule has 0 radical (unpaired) electrons. The van der Waals surface area contributed by atoms with E-state index < -0.39 is 29.4 Å². The summed E-state index contributed by atoms with van der Waals surface area (Å²) in [6, 6.07) is 9.40. The van der Waals surface area contributed by atoms with Gasteiger partial charge in [-0.3, -0.25) is 9.59 Å². The minimum Gasteiger partial charge on any atom is -0.350 e. The van der Waals surface area contributed by atoms with Crippen molar-refractivity contribution in [3.63, 3.8) is 0 Å². The van der Waals surface area contributed by atoms with Gasteiger partial charge in [-0.1, -0.05) is 40.9 Å². The van der Waals surface area contributed by atoms with E-state index in [0.29, 0.717) is 26.5 Å². The van der Waals surface area contributed by atoms with E-state index in [2.05, 4.69) is 20.7 Å². The van der Waals surface area contributed by atoms with Crippen LogP contribution >= 0.6 is 34.8 Å². The van der Waals surface area contributed by atoms with E-state index >= 15 is 0 Å². The molecule has 192 valence electrons. The number of anilines is 1. The second-order valence-corrected chi connectivity index (χ2v) is 9.42. The maximum absolute atomic E-state index is 13.5. The third-order valence-electron chi connectivity index (χ3n) is 5.11. The molecule has 0 spiro atoms. The van der Waals surface area contributed by atoms with Crippen molar-refractivity contribution in [2.45, 2.75) is 26.1 Å². The standard InChI is InChI=1S/C24H17Cl3F3N5O2/c1-11(2)32-22(36)15-9-12-8-13(25)5-6-14(12)19(27)20(15)33-23(37)17-10-18(24(28,29)30)34-35(17)21-16(26)4-3-7-31-21/h3-11H,1-2H3,(H,32,36)(H,33,37). The normalized spacial score (nSPS) is 11.7. The summed E-state index contributed by atoms with van der Waals surface area (Å²) in [5.74, 6) is -1.79. The molecule has 13 heteroatoms. The summed E-state index contributed by atoms with van der Waals surface area (Å²) in [4.78, 5) is 30.3. The second-order valence-electron chi connectivity index (χ2n) is 8.19. The Morgan fingerprint density at radius 3 is 2.41 bits per heavy atom. The smallest absolute Gasteiger partial charge is 0.350 e. The van der Waals surface area contributed by atoms with Crippen molar-refractivity contribution >= 4 is 63.1 Å². The van der Waals surface area contributed by atoms with Crippen LogP contribution < -0.4 is 10.6 Å². The van der Waals surface area contributed by atoms with Crippen molar-refractivity contribution in [2.24, 2.45) is 0 Å². The molecule has 0 fully saturated rings. The molecule has 0 saturated heterocycles. The van der Waals surface area contributed by atoms with E-state index in [1.165, 1.54) is 24.4 Å². The van der Waals surface area contributed by atoms with Crippen molar-refractivity contribution < 1.29 is 22.8 Å². The number of halogens is 6. The number of hydrogen-bond donors (Lipinski definition) is 2. The van der Waals surface area contributed by atoms with Gasteiger partial charge in [-0.2, -0.15) is 18.3 Å². The Kier molecular flexibility index (Phi) is 7.36. The lowest BCUT2D eigenvalue weighted by atomic mass is 10.0. The second kappa shape index (κ2) is 10.2. The lowest BCUT2D eigenvalue weighted by molar-refractivity contribution is -0.141. The number of benzene rings is 2. The van der Waals surface area contributed by atoms with Crippen LogP contribution in [0.4, 0.5) is 18.9 Å². The fraction of sp³-hybridized carbons (Fsp3) is 0.167. The largest absolute Gasteiger partial charge is 0.435 e. The quantitative estimate of drug-likeness (QED) is 0.277. The topological polar surface area (TPSA) is 88.9 Å². The lowest BCUT2D eigenvalue weighted by Crippen LogP contribution is -2.31. The average Bonchev–Trinajstić information content (AvgIpc) is 3.26. The molecule has 0 aliphatic rings. The molecule has 0 aliphatic heterocycles. The van der Waals surface area contributed by atoms with Gasteiger partial charge in [0.05, 0.1) is 21.3 Å². The first-order chi connectivity index (χ1) is 17.4. The fourth-order valence-corrected chi connectivity index (χ4v) is 4.23. The molecule has 4 rings (SSSR count). The summed E-state index contributed by atoms with van der Waals surface area (Å²) in [6.45, 7) is 3.48. The molecular weight excluding hydrogens is 554 g/mol. The molecule has 0 bridgehead atoms. The first-order valence-corrected chi connectivity index (χ1v) is 11.8. The Hall–Kier alpha value is -3.34. The van der Waals surface area contributed by atoms with Crippen LogP contribution in [0.5, 0.6) is 0 Å². The highest BCUT2D eigenvalue weighted by atomic mass is 35.5. The predicted molar refractivity (Wildman–Crippen MR) is 136 cm³/mol. The zero-order valence-electron chi connectivity index (χ0n) is 19.1. The van der Waals surface area contributed by atoms with Gasteiger partial charge in [0.1, 0.15) is 5.69 Å². The number of amides is 2. The number of alkyl halides is 3. The molecule has 4 aromatic rings. The van der Waals surface area contributed by atoms with E-state index in [1.807, 2.05) is 0 Å². The van der Waals surface area contributed by atoms with Gasteiger partial charge >= 0.3 is 6.18 Å². The van der Waals surface area contributed by atoms with Crippen LogP contribution in [0.15, 0.2) is 48.7 Å². The maximum atomic E-state index is 13.5. The molecule has 0 saturated carbocycles. The lowest BCUT2D eigenvalue weighted by Gasteiger charge is -2.17. The Morgan fingerprint density at radius 2 is 1.76 bits per heavy atom. The summed E-state index contributed by atoms with van der Waals surface area (Å²) < 4.78 is 41.2. The van der Waals surface area contributed by atoms with Gasteiger partial charge in [-0.05, 0) is 49.6 Å². The van der Waals surface area contributed by atoms with Crippen molar-refractivity contribution in [3.05, 3.63) is 80.7 Å². The number of fused-ring (bicyclic) bond motifs is 1. The van der Waals surface area contributed by atoms with E-state index in [9.17, 15) is 22.8 Å². The summed E-state index contributed by atoms with van der Waals surface area (Å²) in [5, 5.41) is 10.0.